The first-order valence-electron chi connectivity index (χ1n) is 6.81. The number of hydrogen-bond acceptors (Lipinski definition) is 4. The first-order valence-corrected chi connectivity index (χ1v) is 7.56. The van der Waals surface area contributed by atoms with E-state index in [9.17, 15) is 14.4 Å². The van der Waals surface area contributed by atoms with Crippen molar-refractivity contribution >= 4 is 41.2 Å². The van der Waals surface area contributed by atoms with E-state index < -0.39 is 30.4 Å². The van der Waals surface area contributed by atoms with Gasteiger partial charge in [-0.15, -0.1) is 0 Å². The third kappa shape index (κ3) is 6.89. The van der Waals surface area contributed by atoms with Gasteiger partial charge in [-0.25, -0.2) is 4.79 Å². The number of carboxylic acids is 1. The quantitative estimate of drug-likeness (QED) is 0.605. The Morgan fingerprint density at radius 3 is 2.62 bits per heavy atom. The molecule has 0 aliphatic rings. The average molecular weight is 375 g/mol. The lowest BCUT2D eigenvalue weighted by Gasteiger charge is -2.16. The number of aliphatic carboxylic acids is 1. The Morgan fingerprint density at radius 2 is 2.04 bits per heavy atom. The maximum absolute atomic E-state index is 12.1. The zero-order valence-electron chi connectivity index (χ0n) is 12.6. The van der Waals surface area contributed by atoms with Gasteiger partial charge in [0.1, 0.15) is 12.6 Å². The second-order valence-corrected chi connectivity index (χ2v) is 5.48. The summed E-state index contributed by atoms with van der Waals surface area (Å²) in [5.74, 6) is -1.93. The molecule has 0 saturated carbocycles. The van der Waals surface area contributed by atoms with Gasteiger partial charge in [-0.3, -0.25) is 9.59 Å². The highest BCUT2D eigenvalue weighted by molar-refractivity contribution is 6.35. The van der Waals surface area contributed by atoms with Crippen LogP contribution in [0.2, 0.25) is 10.0 Å². The second-order valence-electron chi connectivity index (χ2n) is 4.64. The fourth-order valence-corrected chi connectivity index (χ4v) is 2.15. The summed E-state index contributed by atoms with van der Waals surface area (Å²) in [7, 11) is 0. The Morgan fingerprint density at radius 1 is 1.33 bits per heavy atom. The van der Waals surface area contributed by atoms with Crippen LogP contribution in [0, 0.1) is 0 Å². The molecule has 0 radical (unpaired) electrons. The molecule has 0 heterocycles. The summed E-state index contributed by atoms with van der Waals surface area (Å²) < 4.78 is 4.67. The van der Waals surface area contributed by atoms with Gasteiger partial charge in [-0.1, -0.05) is 41.9 Å². The molecule has 2 amide bonds. The van der Waals surface area contributed by atoms with Crippen LogP contribution < -0.4 is 10.6 Å². The van der Waals surface area contributed by atoms with Crippen LogP contribution in [0.5, 0.6) is 0 Å². The van der Waals surface area contributed by atoms with Crippen molar-refractivity contribution in [2.75, 3.05) is 6.61 Å². The molecule has 0 unspecified atom stereocenters. The lowest BCUT2D eigenvalue weighted by molar-refractivity contribution is -0.139. The van der Waals surface area contributed by atoms with Crippen LogP contribution >= 0.6 is 23.2 Å². The van der Waals surface area contributed by atoms with Gasteiger partial charge < -0.3 is 20.5 Å². The lowest BCUT2D eigenvalue weighted by Crippen LogP contribution is -2.47. The number of carboxylic acid groups (broad SMARTS) is 1. The average Bonchev–Trinajstić information content (AvgIpc) is 2.50. The first kappa shape index (κ1) is 19.8. The molecule has 0 saturated heterocycles. The SMILES string of the molecule is C=CCOC(=O)N[C@@H](CC(=O)O)C(=O)NCc1ccc(Cl)cc1Cl. The number of amides is 2. The molecule has 24 heavy (non-hydrogen) atoms. The molecule has 9 heteroatoms. The lowest BCUT2D eigenvalue weighted by atomic mass is 10.1. The fourth-order valence-electron chi connectivity index (χ4n) is 1.67. The van der Waals surface area contributed by atoms with Gasteiger partial charge in [0.15, 0.2) is 0 Å². The van der Waals surface area contributed by atoms with E-state index in [1.54, 1.807) is 12.1 Å². The Hall–Kier alpha value is -2.25. The molecule has 0 fully saturated rings. The van der Waals surface area contributed by atoms with Crippen molar-refractivity contribution in [2.24, 2.45) is 0 Å². The summed E-state index contributed by atoms with van der Waals surface area (Å²) in [6.07, 6.45) is -0.168. The molecule has 0 aliphatic carbocycles. The predicted octanol–water partition coefficient (Wildman–Crippen LogP) is 2.37. The number of ether oxygens (including phenoxy) is 1. The Kier molecular flexibility index (Phi) is 8.08. The van der Waals surface area contributed by atoms with E-state index in [2.05, 4.69) is 21.9 Å². The first-order chi connectivity index (χ1) is 11.3. The van der Waals surface area contributed by atoms with Gasteiger partial charge >= 0.3 is 12.1 Å². The molecular formula is C15H16Cl2N2O5. The molecule has 1 atom stereocenters. The Balaban J connectivity index is 2.67. The van der Waals surface area contributed by atoms with E-state index in [0.717, 1.165) is 0 Å². The van der Waals surface area contributed by atoms with Crippen molar-refractivity contribution in [3.05, 3.63) is 46.5 Å². The molecule has 0 aliphatic heterocycles. The number of rotatable bonds is 8. The number of alkyl carbamates (subject to hydrolysis) is 1. The largest absolute Gasteiger partial charge is 0.481 e. The summed E-state index contributed by atoms with van der Waals surface area (Å²) in [4.78, 5) is 34.4. The van der Waals surface area contributed by atoms with E-state index in [4.69, 9.17) is 28.3 Å². The van der Waals surface area contributed by atoms with Gasteiger partial charge in [0.25, 0.3) is 0 Å². The van der Waals surface area contributed by atoms with E-state index in [1.807, 2.05) is 0 Å². The van der Waals surface area contributed by atoms with Crippen LogP contribution in [-0.2, 0) is 20.9 Å². The number of nitrogens with one attached hydrogen (secondary N) is 2. The number of carbonyl (C=O) groups is 3. The summed E-state index contributed by atoms with van der Waals surface area (Å²) in [5, 5.41) is 14.4. The van der Waals surface area contributed by atoms with Gasteiger partial charge in [0.2, 0.25) is 5.91 Å². The molecule has 1 rings (SSSR count). The maximum atomic E-state index is 12.1. The van der Waals surface area contributed by atoms with Crippen molar-refractivity contribution in [3.8, 4) is 0 Å². The minimum absolute atomic E-state index is 0.0499. The van der Waals surface area contributed by atoms with Crippen LogP contribution in [0.3, 0.4) is 0 Å². The maximum Gasteiger partial charge on any atom is 0.408 e. The number of halogens is 2. The standard InChI is InChI=1S/C15H16Cl2N2O5/c1-2-5-24-15(23)19-12(7-13(20)21)14(22)18-8-9-3-4-10(16)6-11(9)17/h2-4,6,12H,1,5,7-8H2,(H,18,22)(H,19,23)(H,20,21)/t12-/m0/s1. The number of hydrogen-bond donors (Lipinski definition) is 3. The van der Waals surface area contributed by atoms with E-state index in [-0.39, 0.29) is 13.2 Å². The van der Waals surface area contributed by atoms with Crippen LogP contribution in [0.25, 0.3) is 0 Å². The molecule has 1 aromatic rings. The van der Waals surface area contributed by atoms with Crippen molar-refractivity contribution in [1.82, 2.24) is 10.6 Å². The van der Waals surface area contributed by atoms with Crippen LogP contribution in [0.15, 0.2) is 30.9 Å². The molecule has 130 valence electrons. The van der Waals surface area contributed by atoms with Gasteiger partial charge in [0.05, 0.1) is 6.42 Å². The summed E-state index contributed by atoms with van der Waals surface area (Å²) in [6.45, 7) is 3.36. The van der Waals surface area contributed by atoms with Crippen LogP contribution in [0.4, 0.5) is 4.79 Å². The summed E-state index contributed by atoms with van der Waals surface area (Å²) >= 11 is 11.8. The number of benzene rings is 1. The van der Waals surface area contributed by atoms with E-state index in [0.29, 0.717) is 15.6 Å². The van der Waals surface area contributed by atoms with Crippen LogP contribution in [0.1, 0.15) is 12.0 Å². The van der Waals surface area contributed by atoms with Crippen molar-refractivity contribution in [3.63, 3.8) is 0 Å². The highest BCUT2D eigenvalue weighted by Crippen LogP contribution is 2.20. The van der Waals surface area contributed by atoms with E-state index in [1.165, 1.54) is 12.1 Å². The topological polar surface area (TPSA) is 105 Å². The highest BCUT2D eigenvalue weighted by Gasteiger charge is 2.24. The summed E-state index contributed by atoms with van der Waals surface area (Å²) in [5.41, 5.74) is 0.595. The molecule has 3 N–H and O–H groups in total. The Labute approximate surface area is 148 Å². The zero-order valence-corrected chi connectivity index (χ0v) is 14.1. The minimum atomic E-state index is -1.29. The van der Waals surface area contributed by atoms with Gasteiger partial charge in [-0.05, 0) is 17.7 Å². The van der Waals surface area contributed by atoms with E-state index >= 15 is 0 Å². The minimum Gasteiger partial charge on any atom is -0.481 e. The normalized spacial score (nSPS) is 11.2. The molecule has 1 aromatic carbocycles. The van der Waals surface area contributed by atoms with Crippen molar-refractivity contribution in [1.29, 1.82) is 0 Å². The highest BCUT2D eigenvalue weighted by atomic mass is 35.5. The van der Waals surface area contributed by atoms with Crippen LogP contribution in [-0.4, -0.2) is 35.7 Å². The smallest absolute Gasteiger partial charge is 0.408 e. The number of carbonyl (C=O) groups excluding carboxylic acids is 2. The van der Waals surface area contributed by atoms with Crippen molar-refractivity contribution < 1.29 is 24.2 Å². The summed E-state index contributed by atoms with van der Waals surface area (Å²) in [6, 6.07) is 3.47. The predicted molar refractivity (Wildman–Crippen MR) is 89.0 cm³/mol. The van der Waals surface area contributed by atoms with Gasteiger partial charge in [-0.2, -0.15) is 0 Å². The third-order valence-corrected chi connectivity index (χ3v) is 3.37. The molecular weight excluding hydrogens is 359 g/mol. The monoisotopic (exact) mass is 374 g/mol. The Bertz CT molecular complexity index is 636. The molecule has 0 bridgehead atoms. The zero-order chi connectivity index (χ0) is 18.1. The molecule has 0 aromatic heterocycles. The molecule has 0 spiro atoms. The molecule has 7 nitrogen and oxygen atoms in total. The fraction of sp³-hybridized carbons (Fsp3) is 0.267. The van der Waals surface area contributed by atoms with Crippen molar-refractivity contribution in [2.45, 2.75) is 19.0 Å². The third-order valence-electron chi connectivity index (χ3n) is 2.79. The second kappa shape index (κ2) is 9.79. The van der Waals surface area contributed by atoms with Gasteiger partial charge in [0, 0.05) is 16.6 Å².